The van der Waals surface area contributed by atoms with Crippen molar-refractivity contribution in [3.8, 4) is 0 Å². The molecule has 1 aliphatic heterocycles. The van der Waals surface area contributed by atoms with Crippen LogP contribution in [-0.2, 0) is 9.59 Å². The highest BCUT2D eigenvalue weighted by atomic mass is 16.2. The Morgan fingerprint density at radius 1 is 1.18 bits per heavy atom. The van der Waals surface area contributed by atoms with Crippen molar-refractivity contribution < 1.29 is 9.59 Å². The summed E-state index contributed by atoms with van der Waals surface area (Å²) in [7, 11) is 0. The molecule has 2 amide bonds. The smallest absolute Gasteiger partial charge is 0.229 e. The molecule has 4 nitrogen and oxygen atoms in total. The Morgan fingerprint density at radius 2 is 1.59 bits per heavy atom. The molecule has 2 N–H and O–H groups in total. The fourth-order valence-corrected chi connectivity index (χ4v) is 2.18. The standard InChI is InChI=1S/C13H24N2O2/c1-5-13(14,6-2)9-15-10(16)7-12(3,4)8-11(15)17/h5-9,14H2,1-4H3. The summed E-state index contributed by atoms with van der Waals surface area (Å²) >= 11 is 0. The number of nitrogens with two attached hydrogens (primary N) is 1. The van der Waals surface area contributed by atoms with Gasteiger partial charge in [-0.05, 0) is 18.3 Å². The van der Waals surface area contributed by atoms with Crippen molar-refractivity contribution >= 4 is 11.8 Å². The molecule has 0 atom stereocenters. The molecular weight excluding hydrogens is 216 g/mol. The number of hydrogen-bond donors (Lipinski definition) is 1. The molecule has 0 aromatic heterocycles. The number of amides is 2. The first-order valence-electron chi connectivity index (χ1n) is 6.35. The molecule has 1 aliphatic rings. The minimum absolute atomic E-state index is 0.0806. The Labute approximate surface area is 104 Å². The summed E-state index contributed by atoms with van der Waals surface area (Å²) in [5, 5.41) is 0. The molecule has 98 valence electrons. The van der Waals surface area contributed by atoms with Crippen LogP contribution in [0.15, 0.2) is 0 Å². The summed E-state index contributed by atoms with van der Waals surface area (Å²) in [6, 6.07) is 0. The molecule has 1 fully saturated rings. The van der Waals surface area contributed by atoms with E-state index in [0.29, 0.717) is 19.4 Å². The predicted octanol–water partition coefficient (Wildman–Crippen LogP) is 1.68. The first kappa shape index (κ1) is 14.2. The van der Waals surface area contributed by atoms with Gasteiger partial charge in [-0.2, -0.15) is 0 Å². The van der Waals surface area contributed by atoms with Crippen LogP contribution < -0.4 is 5.73 Å². The van der Waals surface area contributed by atoms with Gasteiger partial charge in [-0.15, -0.1) is 0 Å². The average Bonchev–Trinajstić information content (AvgIpc) is 2.22. The largest absolute Gasteiger partial charge is 0.324 e. The summed E-state index contributed by atoms with van der Waals surface area (Å²) in [6.45, 7) is 8.25. The lowest BCUT2D eigenvalue weighted by atomic mass is 9.81. The second kappa shape index (κ2) is 4.77. The van der Waals surface area contributed by atoms with Gasteiger partial charge in [0.05, 0.1) is 0 Å². The van der Waals surface area contributed by atoms with E-state index in [1.165, 1.54) is 4.90 Å². The molecule has 0 aliphatic carbocycles. The highest BCUT2D eigenvalue weighted by Crippen LogP contribution is 2.32. The quantitative estimate of drug-likeness (QED) is 0.760. The van der Waals surface area contributed by atoms with Crippen molar-refractivity contribution in [3.05, 3.63) is 0 Å². The van der Waals surface area contributed by atoms with Crippen LogP contribution in [0.25, 0.3) is 0 Å². The van der Waals surface area contributed by atoms with E-state index >= 15 is 0 Å². The maximum Gasteiger partial charge on any atom is 0.229 e. The molecule has 0 unspecified atom stereocenters. The first-order chi connectivity index (χ1) is 7.73. The van der Waals surface area contributed by atoms with Crippen LogP contribution in [0.3, 0.4) is 0 Å². The highest BCUT2D eigenvalue weighted by molar-refractivity contribution is 5.98. The predicted molar refractivity (Wildman–Crippen MR) is 67.2 cm³/mol. The number of piperidine rings is 1. The van der Waals surface area contributed by atoms with Gasteiger partial charge in [0, 0.05) is 24.9 Å². The second-order valence-electron chi connectivity index (χ2n) is 5.96. The number of rotatable bonds is 4. The minimum atomic E-state index is -0.438. The highest BCUT2D eigenvalue weighted by Gasteiger charge is 2.39. The Kier molecular flexibility index (Phi) is 3.97. The first-order valence-corrected chi connectivity index (χ1v) is 6.35. The molecule has 0 saturated carbocycles. The molecule has 1 saturated heterocycles. The number of carbonyl (C=O) groups excluding carboxylic acids is 2. The molecule has 0 aromatic rings. The normalized spacial score (nSPS) is 20.9. The van der Waals surface area contributed by atoms with Crippen LogP contribution in [0.1, 0.15) is 53.4 Å². The van der Waals surface area contributed by atoms with Crippen LogP contribution in [0.5, 0.6) is 0 Å². The maximum absolute atomic E-state index is 12.0. The number of hydrogen-bond acceptors (Lipinski definition) is 3. The summed E-state index contributed by atoms with van der Waals surface area (Å²) < 4.78 is 0. The van der Waals surface area contributed by atoms with Crippen molar-refractivity contribution in [1.82, 2.24) is 4.90 Å². The Hall–Kier alpha value is -0.900. The zero-order valence-electron chi connectivity index (χ0n) is 11.4. The van der Waals surface area contributed by atoms with E-state index in [1.54, 1.807) is 0 Å². The number of carbonyl (C=O) groups is 2. The molecular formula is C13H24N2O2. The van der Waals surface area contributed by atoms with Gasteiger partial charge < -0.3 is 5.73 Å². The number of likely N-dealkylation sites (tertiary alicyclic amines) is 1. The van der Waals surface area contributed by atoms with E-state index in [0.717, 1.165) is 12.8 Å². The zero-order chi connectivity index (χ0) is 13.3. The van der Waals surface area contributed by atoms with Gasteiger partial charge in [0.1, 0.15) is 0 Å². The Bertz CT molecular complexity index is 299. The van der Waals surface area contributed by atoms with Crippen LogP contribution in [-0.4, -0.2) is 28.8 Å². The second-order valence-corrected chi connectivity index (χ2v) is 5.96. The van der Waals surface area contributed by atoms with E-state index in [9.17, 15) is 9.59 Å². The summed E-state index contributed by atoms with van der Waals surface area (Å²) in [5.41, 5.74) is 5.53. The zero-order valence-corrected chi connectivity index (χ0v) is 11.4. The van der Waals surface area contributed by atoms with Gasteiger partial charge in [0.2, 0.25) is 11.8 Å². The van der Waals surface area contributed by atoms with Crippen molar-refractivity contribution in [2.75, 3.05) is 6.54 Å². The van der Waals surface area contributed by atoms with E-state index in [1.807, 2.05) is 27.7 Å². The minimum Gasteiger partial charge on any atom is -0.324 e. The van der Waals surface area contributed by atoms with E-state index in [4.69, 9.17) is 5.73 Å². The van der Waals surface area contributed by atoms with Crippen molar-refractivity contribution in [3.63, 3.8) is 0 Å². The lowest BCUT2D eigenvalue weighted by Gasteiger charge is -2.39. The molecule has 0 radical (unpaired) electrons. The molecule has 1 heterocycles. The molecule has 4 heteroatoms. The lowest BCUT2D eigenvalue weighted by Crippen LogP contribution is -2.56. The molecule has 0 spiro atoms. The third-order valence-corrected chi connectivity index (χ3v) is 3.74. The monoisotopic (exact) mass is 240 g/mol. The number of nitrogens with zero attached hydrogens (tertiary/aromatic N) is 1. The third kappa shape index (κ3) is 3.28. The topological polar surface area (TPSA) is 63.4 Å². The Balaban J connectivity index is 2.79. The number of imide groups is 1. The van der Waals surface area contributed by atoms with Crippen LogP contribution in [0.4, 0.5) is 0 Å². The van der Waals surface area contributed by atoms with E-state index < -0.39 is 5.54 Å². The fourth-order valence-electron chi connectivity index (χ4n) is 2.18. The third-order valence-electron chi connectivity index (χ3n) is 3.74. The van der Waals surface area contributed by atoms with Crippen molar-refractivity contribution in [2.24, 2.45) is 11.1 Å². The van der Waals surface area contributed by atoms with E-state index in [2.05, 4.69) is 0 Å². The summed E-state index contributed by atoms with van der Waals surface area (Å²) in [4.78, 5) is 25.3. The lowest BCUT2D eigenvalue weighted by molar-refractivity contribution is -0.153. The maximum atomic E-state index is 12.0. The van der Waals surface area contributed by atoms with Crippen LogP contribution in [0, 0.1) is 5.41 Å². The van der Waals surface area contributed by atoms with Crippen LogP contribution >= 0.6 is 0 Å². The van der Waals surface area contributed by atoms with Crippen LogP contribution in [0.2, 0.25) is 0 Å². The van der Waals surface area contributed by atoms with E-state index in [-0.39, 0.29) is 17.2 Å². The van der Waals surface area contributed by atoms with Crippen molar-refractivity contribution in [1.29, 1.82) is 0 Å². The summed E-state index contributed by atoms with van der Waals surface area (Å²) in [5.74, 6) is -0.161. The fraction of sp³-hybridized carbons (Fsp3) is 0.846. The van der Waals surface area contributed by atoms with Gasteiger partial charge >= 0.3 is 0 Å². The van der Waals surface area contributed by atoms with Gasteiger partial charge in [-0.25, -0.2) is 0 Å². The SMILES string of the molecule is CCC(N)(CC)CN1C(=O)CC(C)(C)CC1=O. The van der Waals surface area contributed by atoms with Gasteiger partial charge in [0.15, 0.2) is 0 Å². The van der Waals surface area contributed by atoms with Gasteiger partial charge in [-0.1, -0.05) is 27.7 Å². The molecule has 17 heavy (non-hydrogen) atoms. The average molecular weight is 240 g/mol. The molecule has 0 aromatic carbocycles. The Morgan fingerprint density at radius 3 is 1.94 bits per heavy atom. The van der Waals surface area contributed by atoms with Crippen molar-refractivity contribution in [2.45, 2.75) is 58.9 Å². The molecule has 0 bridgehead atoms. The van der Waals surface area contributed by atoms with Gasteiger partial charge in [-0.3, -0.25) is 14.5 Å². The van der Waals surface area contributed by atoms with Gasteiger partial charge in [0.25, 0.3) is 0 Å². The molecule has 1 rings (SSSR count). The summed E-state index contributed by atoms with van der Waals surface area (Å²) in [6.07, 6.45) is 2.40.